The minimum absolute atomic E-state index is 0.0773. The van der Waals surface area contributed by atoms with Crippen LogP contribution in [0.25, 0.3) is 0 Å². The number of halogens is 2. The van der Waals surface area contributed by atoms with Gasteiger partial charge < -0.3 is 10.5 Å². The SMILES string of the molecule is NC(c1cccc(OC(F)F)c1)C1CCCCC1. The summed E-state index contributed by atoms with van der Waals surface area (Å²) in [5.41, 5.74) is 7.12. The molecule has 1 unspecified atom stereocenters. The second kappa shape index (κ2) is 6.14. The van der Waals surface area contributed by atoms with Crippen molar-refractivity contribution in [1.82, 2.24) is 0 Å². The molecule has 0 aliphatic heterocycles. The van der Waals surface area contributed by atoms with Crippen molar-refractivity contribution in [2.75, 3.05) is 0 Å². The van der Waals surface area contributed by atoms with Crippen LogP contribution in [0.4, 0.5) is 8.78 Å². The fraction of sp³-hybridized carbons (Fsp3) is 0.571. The molecular weight excluding hydrogens is 236 g/mol. The summed E-state index contributed by atoms with van der Waals surface area (Å²) in [5.74, 6) is 0.648. The van der Waals surface area contributed by atoms with Crippen molar-refractivity contribution in [2.24, 2.45) is 11.7 Å². The van der Waals surface area contributed by atoms with Gasteiger partial charge in [0.1, 0.15) is 5.75 Å². The molecule has 0 spiro atoms. The van der Waals surface area contributed by atoms with Crippen molar-refractivity contribution in [1.29, 1.82) is 0 Å². The molecule has 1 fully saturated rings. The molecule has 1 atom stereocenters. The predicted octanol–water partition coefficient (Wildman–Crippen LogP) is 3.87. The van der Waals surface area contributed by atoms with E-state index in [9.17, 15) is 8.78 Å². The van der Waals surface area contributed by atoms with Gasteiger partial charge in [-0.3, -0.25) is 0 Å². The van der Waals surface area contributed by atoms with Crippen molar-refractivity contribution in [3.8, 4) is 5.75 Å². The van der Waals surface area contributed by atoms with E-state index in [1.54, 1.807) is 12.1 Å². The molecule has 0 aromatic heterocycles. The second-order valence-electron chi connectivity index (χ2n) is 4.87. The van der Waals surface area contributed by atoms with Crippen LogP contribution in [0.3, 0.4) is 0 Å². The molecule has 1 aliphatic carbocycles. The van der Waals surface area contributed by atoms with Crippen molar-refractivity contribution in [3.63, 3.8) is 0 Å². The number of hydrogen-bond donors (Lipinski definition) is 1. The lowest BCUT2D eigenvalue weighted by atomic mass is 9.81. The number of ether oxygens (including phenoxy) is 1. The van der Waals surface area contributed by atoms with Crippen LogP contribution in [0.1, 0.15) is 43.7 Å². The fourth-order valence-electron chi connectivity index (χ4n) is 2.66. The Bertz CT molecular complexity index is 378. The molecule has 2 rings (SSSR count). The van der Waals surface area contributed by atoms with Gasteiger partial charge in [-0.2, -0.15) is 8.78 Å². The summed E-state index contributed by atoms with van der Waals surface area (Å²) < 4.78 is 28.7. The molecule has 0 saturated heterocycles. The summed E-state index contributed by atoms with van der Waals surface area (Å²) in [6, 6.07) is 6.69. The van der Waals surface area contributed by atoms with E-state index in [2.05, 4.69) is 4.74 Å². The Morgan fingerprint density at radius 1 is 1.17 bits per heavy atom. The molecule has 1 aromatic rings. The number of nitrogens with two attached hydrogens (primary N) is 1. The number of hydrogen-bond acceptors (Lipinski definition) is 2. The van der Waals surface area contributed by atoms with Gasteiger partial charge in [-0.25, -0.2) is 0 Å². The third kappa shape index (κ3) is 3.42. The molecular formula is C14H19F2NO. The van der Waals surface area contributed by atoms with E-state index >= 15 is 0 Å². The Hall–Kier alpha value is -1.16. The van der Waals surface area contributed by atoms with Gasteiger partial charge in [0, 0.05) is 6.04 Å². The first-order chi connectivity index (χ1) is 8.66. The molecule has 100 valence electrons. The van der Waals surface area contributed by atoms with E-state index in [1.165, 1.54) is 25.3 Å². The van der Waals surface area contributed by atoms with Gasteiger partial charge in [0.05, 0.1) is 0 Å². The van der Waals surface area contributed by atoms with E-state index in [1.807, 2.05) is 6.07 Å². The third-order valence-electron chi connectivity index (χ3n) is 3.63. The highest BCUT2D eigenvalue weighted by Crippen LogP contribution is 2.33. The van der Waals surface area contributed by atoms with Crippen molar-refractivity contribution in [2.45, 2.75) is 44.8 Å². The van der Waals surface area contributed by atoms with Gasteiger partial charge in [-0.1, -0.05) is 31.4 Å². The van der Waals surface area contributed by atoms with E-state index in [4.69, 9.17) is 5.73 Å². The Labute approximate surface area is 106 Å². The summed E-state index contributed by atoms with van der Waals surface area (Å²) >= 11 is 0. The van der Waals surface area contributed by atoms with Crippen molar-refractivity contribution < 1.29 is 13.5 Å². The summed E-state index contributed by atoms with van der Waals surface area (Å²) in [6.45, 7) is -2.79. The Morgan fingerprint density at radius 3 is 2.56 bits per heavy atom. The topological polar surface area (TPSA) is 35.2 Å². The first-order valence-corrected chi connectivity index (χ1v) is 6.47. The molecule has 0 heterocycles. The van der Waals surface area contributed by atoms with E-state index < -0.39 is 6.61 Å². The summed E-state index contributed by atoms with van der Waals surface area (Å²) in [6.07, 6.45) is 5.96. The van der Waals surface area contributed by atoms with Crippen LogP contribution >= 0.6 is 0 Å². The van der Waals surface area contributed by atoms with Gasteiger partial charge in [0.15, 0.2) is 0 Å². The maximum absolute atomic E-state index is 12.2. The zero-order chi connectivity index (χ0) is 13.0. The number of rotatable bonds is 4. The van der Waals surface area contributed by atoms with Crippen molar-refractivity contribution >= 4 is 0 Å². The van der Waals surface area contributed by atoms with Gasteiger partial charge in [-0.05, 0) is 36.5 Å². The summed E-state index contributed by atoms with van der Waals surface area (Å²) in [5, 5.41) is 0. The average Bonchev–Trinajstić information content (AvgIpc) is 2.38. The molecule has 2 N–H and O–H groups in total. The quantitative estimate of drug-likeness (QED) is 0.886. The molecule has 0 bridgehead atoms. The fourth-order valence-corrected chi connectivity index (χ4v) is 2.66. The lowest BCUT2D eigenvalue weighted by Gasteiger charge is -2.27. The molecule has 1 aromatic carbocycles. The summed E-state index contributed by atoms with van der Waals surface area (Å²) in [4.78, 5) is 0. The van der Waals surface area contributed by atoms with Crippen molar-refractivity contribution in [3.05, 3.63) is 29.8 Å². The first kappa shape index (κ1) is 13.3. The first-order valence-electron chi connectivity index (χ1n) is 6.47. The monoisotopic (exact) mass is 255 g/mol. The molecule has 1 saturated carbocycles. The lowest BCUT2D eigenvalue weighted by molar-refractivity contribution is -0.0499. The Balaban J connectivity index is 2.06. The standard InChI is InChI=1S/C14H19F2NO/c15-14(16)18-12-8-4-7-11(9-12)13(17)10-5-2-1-3-6-10/h4,7-10,13-14H,1-3,5-6,17H2. The second-order valence-corrected chi connectivity index (χ2v) is 4.87. The lowest BCUT2D eigenvalue weighted by Crippen LogP contribution is -2.23. The van der Waals surface area contributed by atoms with Gasteiger partial charge in [-0.15, -0.1) is 0 Å². The van der Waals surface area contributed by atoms with Crippen LogP contribution in [0.15, 0.2) is 24.3 Å². The third-order valence-corrected chi connectivity index (χ3v) is 3.63. The Morgan fingerprint density at radius 2 is 1.89 bits per heavy atom. The highest BCUT2D eigenvalue weighted by atomic mass is 19.3. The van der Waals surface area contributed by atoms with Crippen LogP contribution in [-0.2, 0) is 0 Å². The normalized spacial score (nSPS) is 18.9. The zero-order valence-corrected chi connectivity index (χ0v) is 10.3. The maximum Gasteiger partial charge on any atom is 0.387 e. The van der Waals surface area contributed by atoms with Crippen LogP contribution in [0.5, 0.6) is 5.75 Å². The van der Waals surface area contributed by atoms with Gasteiger partial charge >= 0.3 is 6.61 Å². The average molecular weight is 255 g/mol. The number of alkyl halides is 2. The molecule has 4 heteroatoms. The highest BCUT2D eigenvalue weighted by Gasteiger charge is 2.22. The largest absolute Gasteiger partial charge is 0.435 e. The smallest absolute Gasteiger partial charge is 0.387 e. The van der Waals surface area contributed by atoms with Crippen LogP contribution < -0.4 is 10.5 Å². The summed E-state index contributed by atoms with van der Waals surface area (Å²) in [7, 11) is 0. The maximum atomic E-state index is 12.2. The molecule has 18 heavy (non-hydrogen) atoms. The minimum Gasteiger partial charge on any atom is -0.435 e. The molecule has 0 radical (unpaired) electrons. The predicted molar refractivity (Wildman–Crippen MR) is 66.6 cm³/mol. The Kier molecular flexibility index (Phi) is 4.53. The molecule has 2 nitrogen and oxygen atoms in total. The van der Waals surface area contributed by atoms with Gasteiger partial charge in [0.2, 0.25) is 0 Å². The van der Waals surface area contributed by atoms with Crippen LogP contribution in [-0.4, -0.2) is 6.61 Å². The number of benzene rings is 1. The van der Waals surface area contributed by atoms with E-state index in [-0.39, 0.29) is 11.8 Å². The van der Waals surface area contributed by atoms with Crippen LogP contribution in [0.2, 0.25) is 0 Å². The van der Waals surface area contributed by atoms with E-state index in [0.717, 1.165) is 18.4 Å². The van der Waals surface area contributed by atoms with Gasteiger partial charge in [0.25, 0.3) is 0 Å². The molecule has 0 amide bonds. The van der Waals surface area contributed by atoms with Crippen LogP contribution in [0, 0.1) is 5.92 Å². The zero-order valence-electron chi connectivity index (χ0n) is 10.3. The highest BCUT2D eigenvalue weighted by molar-refractivity contribution is 5.30. The molecule has 1 aliphatic rings. The van der Waals surface area contributed by atoms with E-state index in [0.29, 0.717) is 5.92 Å². The minimum atomic E-state index is -2.79.